The molecular formula is C16H8FNO3. The van der Waals surface area contributed by atoms with Crippen LogP contribution in [0.2, 0.25) is 0 Å². The quantitative estimate of drug-likeness (QED) is 0.679. The van der Waals surface area contributed by atoms with Gasteiger partial charge in [0.1, 0.15) is 29.5 Å². The smallest absolute Gasteiger partial charge is 0.247 e. The van der Waals surface area contributed by atoms with Crippen LogP contribution in [0, 0.1) is 17.1 Å². The Hall–Kier alpha value is -3.13. The standard InChI is InChI=1S/C16H8FNO3/c17-11-5-10(9-19)6-12(7-11)20-16-13-3-1-2-4-14(13)21-15(16)8-18/h1-7,9H. The molecule has 102 valence electrons. The second-order valence-corrected chi connectivity index (χ2v) is 4.31. The highest BCUT2D eigenvalue weighted by Gasteiger charge is 2.16. The lowest BCUT2D eigenvalue weighted by molar-refractivity contribution is 0.112. The number of nitriles is 1. The van der Waals surface area contributed by atoms with Gasteiger partial charge in [0, 0.05) is 11.6 Å². The zero-order valence-electron chi connectivity index (χ0n) is 10.7. The van der Waals surface area contributed by atoms with Gasteiger partial charge in [-0.2, -0.15) is 5.26 Å². The third-order valence-corrected chi connectivity index (χ3v) is 2.90. The molecule has 4 nitrogen and oxygen atoms in total. The van der Waals surface area contributed by atoms with Crippen LogP contribution in [0.4, 0.5) is 4.39 Å². The van der Waals surface area contributed by atoms with Gasteiger partial charge in [0.15, 0.2) is 5.75 Å². The predicted molar refractivity (Wildman–Crippen MR) is 72.8 cm³/mol. The Morgan fingerprint density at radius 1 is 1.24 bits per heavy atom. The highest BCUT2D eigenvalue weighted by Crippen LogP contribution is 2.36. The summed E-state index contributed by atoms with van der Waals surface area (Å²) in [5.41, 5.74) is 0.646. The summed E-state index contributed by atoms with van der Waals surface area (Å²) >= 11 is 0. The Morgan fingerprint density at radius 2 is 2.05 bits per heavy atom. The van der Waals surface area contributed by atoms with Gasteiger partial charge in [-0.1, -0.05) is 12.1 Å². The number of ether oxygens (including phenoxy) is 1. The van der Waals surface area contributed by atoms with Crippen molar-refractivity contribution in [2.45, 2.75) is 0 Å². The first-order chi connectivity index (χ1) is 10.2. The number of para-hydroxylation sites is 1. The fourth-order valence-electron chi connectivity index (χ4n) is 2.03. The molecule has 5 heteroatoms. The molecular weight excluding hydrogens is 273 g/mol. The fourth-order valence-corrected chi connectivity index (χ4v) is 2.03. The second-order valence-electron chi connectivity index (χ2n) is 4.31. The van der Waals surface area contributed by atoms with Crippen LogP contribution in [0.3, 0.4) is 0 Å². The van der Waals surface area contributed by atoms with Crippen molar-refractivity contribution in [2.24, 2.45) is 0 Å². The number of carbonyl (C=O) groups excluding carboxylic acids is 1. The summed E-state index contributed by atoms with van der Waals surface area (Å²) in [5.74, 6) is -0.273. The molecule has 0 radical (unpaired) electrons. The van der Waals surface area contributed by atoms with Crippen molar-refractivity contribution in [3.05, 3.63) is 59.6 Å². The molecule has 1 aromatic heterocycles. The molecule has 0 aliphatic carbocycles. The Morgan fingerprint density at radius 3 is 2.81 bits per heavy atom. The Labute approximate surface area is 119 Å². The molecule has 0 atom stereocenters. The number of hydrogen-bond acceptors (Lipinski definition) is 4. The van der Waals surface area contributed by atoms with E-state index < -0.39 is 5.82 Å². The first-order valence-electron chi connectivity index (χ1n) is 6.06. The van der Waals surface area contributed by atoms with Crippen LogP contribution in [0.15, 0.2) is 46.9 Å². The van der Waals surface area contributed by atoms with Crippen LogP contribution in [0.1, 0.15) is 16.1 Å². The minimum atomic E-state index is -0.596. The van der Waals surface area contributed by atoms with Crippen LogP contribution in [-0.2, 0) is 0 Å². The number of aldehydes is 1. The Bertz CT molecular complexity index is 877. The molecule has 0 N–H and O–H groups in total. The lowest BCUT2D eigenvalue weighted by Crippen LogP contribution is -1.89. The summed E-state index contributed by atoms with van der Waals surface area (Å²) in [4.78, 5) is 10.8. The molecule has 0 bridgehead atoms. The molecule has 1 heterocycles. The third-order valence-electron chi connectivity index (χ3n) is 2.90. The van der Waals surface area contributed by atoms with Gasteiger partial charge >= 0.3 is 0 Å². The normalized spacial score (nSPS) is 10.3. The molecule has 0 unspecified atom stereocenters. The monoisotopic (exact) mass is 281 g/mol. The number of rotatable bonds is 3. The van der Waals surface area contributed by atoms with Crippen molar-refractivity contribution in [2.75, 3.05) is 0 Å². The molecule has 0 saturated carbocycles. The maximum absolute atomic E-state index is 13.4. The van der Waals surface area contributed by atoms with Gasteiger partial charge in [-0.15, -0.1) is 0 Å². The minimum absolute atomic E-state index is 0.00638. The molecule has 2 aromatic carbocycles. The van der Waals surface area contributed by atoms with Gasteiger partial charge in [0.2, 0.25) is 5.76 Å². The van der Waals surface area contributed by atoms with Crippen molar-refractivity contribution < 1.29 is 18.3 Å². The van der Waals surface area contributed by atoms with E-state index in [0.29, 0.717) is 17.3 Å². The lowest BCUT2D eigenvalue weighted by Gasteiger charge is -2.05. The van der Waals surface area contributed by atoms with Crippen LogP contribution < -0.4 is 4.74 Å². The summed E-state index contributed by atoms with van der Waals surface area (Å²) in [6, 6.07) is 12.5. The van der Waals surface area contributed by atoms with E-state index in [-0.39, 0.29) is 22.8 Å². The van der Waals surface area contributed by atoms with Crippen molar-refractivity contribution in [3.8, 4) is 17.6 Å². The number of fused-ring (bicyclic) bond motifs is 1. The van der Waals surface area contributed by atoms with Gasteiger partial charge in [-0.05, 0) is 24.3 Å². The number of carbonyl (C=O) groups is 1. The summed E-state index contributed by atoms with van der Waals surface area (Å²) in [5, 5.41) is 9.70. The zero-order valence-corrected chi connectivity index (χ0v) is 10.7. The number of halogens is 1. The van der Waals surface area contributed by atoms with E-state index in [4.69, 9.17) is 14.4 Å². The van der Waals surface area contributed by atoms with Crippen LogP contribution >= 0.6 is 0 Å². The number of benzene rings is 2. The maximum atomic E-state index is 13.4. The van der Waals surface area contributed by atoms with E-state index in [1.54, 1.807) is 24.3 Å². The van der Waals surface area contributed by atoms with Crippen molar-refractivity contribution >= 4 is 17.3 Å². The van der Waals surface area contributed by atoms with Crippen molar-refractivity contribution in [1.29, 1.82) is 5.26 Å². The summed E-state index contributed by atoms with van der Waals surface area (Å²) in [6.45, 7) is 0. The van der Waals surface area contributed by atoms with Crippen molar-refractivity contribution in [1.82, 2.24) is 0 Å². The topological polar surface area (TPSA) is 63.2 Å². The minimum Gasteiger partial charge on any atom is -0.452 e. The van der Waals surface area contributed by atoms with Gasteiger partial charge in [0.05, 0.1) is 5.39 Å². The van der Waals surface area contributed by atoms with Gasteiger partial charge in [0.25, 0.3) is 0 Å². The van der Waals surface area contributed by atoms with E-state index >= 15 is 0 Å². The van der Waals surface area contributed by atoms with Gasteiger partial charge in [-0.3, -0.25) is 4.79 Å². The molecule has 21 heavy (non-hydrogen) atoms. The molecule has 0 saturated heterocycles. The maximum Gasteiger partial charge on any atom is 0.247 e. The van der Waals surface area contributed by atoms with E-state index in [1.165, 1.54) is 6.07 Å². The highest BCUT2D eigenvalue weighted by atomic mass is 19.1. The van der Waals surface area contributed by atoms with Gasteiger partial charge in [-0.25, -0.2) is 4.39 Å². The van der Waals surface area contributed by atoms with Crippen molar-refractivity contribution in [3.63, 3.8) is 0 Å². The average molecular weight is 281 g/mol. The third kappa shape index (κ3) is 2.35. The van der Waals surface area contributed by atoms with E-state index in [1.807, 2.05) is 6.07 Å². The lowest BCUT2D eigenvalue weighted by atomic mass is 10.2. The molecule has 3 aromatic rings. The molecule has 0 fully saturated rings. The molecule has 0 aliphatic heterocycles. The van der Waals surface area contributed by atoms with E-state index in [0.717, 1.165) is 12.1 Å². The Balaban J connectivity index is 2.11. The number of furan rings is 1. The van der Waals surface area contributed by atoms with E-state index in [9.17, 15) is 9.18 Å². The first-order valence-corrected chi connectivity index (χ1v) is 6.06. The molecule has 3 rings (SSSR count). The predicted octanol–water partition coefficient (Wildman–Crippen LogP) is 4.05. The average Bonchev–Trinajstić information content (AvgIpc) is 2.85. The zero-order chi connectivity index (χ0) is 14.8. The van der Waals surface area contributed by atoms with Gasteiger partial charge < -0.3 is 9.15 Å². The Kier molecular flexibility index (Phi) is 3.13. The van der Waals surface area contributed by atoms with Crippen LogP contribution in [0.25, 0.3) is 11.0 Å². The summed E-state index contributed by atoms with van der Waals surface area (Å²) in [6.07, 6.45) is 0.522. The summed E-state index contributed by atoms with van der Waals surface area (Å²) < 4.78 is 24.3. The second kappa shape index (κ2) is 5.10. The molecule has 0 amide bonds. The SMILES string of the molecule is N#Cc1oc2ccccc2c1Oc1cc(F)cc(C=O)c1. The largest absolute Gasteiger partial charge is 0.452 e. The van der Waals surface area contributed by atoms with E-state index in [2.05, 4.69) is 0 Å². The molecule has 0 spiro atoms. The first kappa shape index (κ1) is 12.9. The van der Waals surface area contributed by atoms with Crippen LogP contribution in [0.5, 0.6) is 11.5 Å². The van der Waals surface area contributed by atoms with Crippen LogP contribution in [-0.4, -0.2) is 6.29 Å². The summed E-state index contributed by atoms with van der Waals surface area (Å²) in [7, 11) is 0. The highest BCUT2D eigenvalue weighted by molar-refractivity contribution is 5.87. The fraction of sp³-hybridized carbons (Fsp3) is 0. The molecule has 0 aliphatic rings. The number of hydrogen-bond donors (Lipinski definition) is 0. The number of nitrogens with zero attached hydrogens (tertiary/aromatic N) is 1.